The highest BCUT2D eigenvalue weighted by Crippen LogP contribution is 2.24. The van der Waals surface area contributed by atoms with Gasteiger partial charge in [-0.2, -0.15) is 0 Å². The van der Waals surface area contributed by atoms with Crippen molar-refractivity contribution in [3.8, 4) is 0 Å². The molecule has 20 heavy (non-hydrogen) atoms. The van der Waals surface area contributed by atoms with Crippen molar-refractivity contribution < 1.29 is 14.3 Å². The normalized spacial score (nSPS) is 10.1. The van der Waals surface area contributed by atoms with Crippen molar-refractivity contribution in [2.75, 3.05) is 11.9 Å². The van der Waals surface area contributed by atoms with Crippen molar-refractivity contribution in [3.63, 3.8) is 0 Å². The largest absolute Gasteiger partial charge is 0.451 e. The fourth-order valence-electron chi connectivity index (χ4n) is 1.37. The van der Waals surface area contributed by atoms with Gasteiger partial charge in [0, 0.05) is 5.69 Å². The summed E-state index contributed by atoms with van der Waals surface area (Å²) in [5.41, 5.74) is 0.483. The van der Waals surface area contributed by atoms with Gasteiger partial charge in [0.25, 0.3) is 5.91 Å². The molecule has 0 spiro atoms. The third-order valence-electron chi connectivity index (χ3n) is 2.26. The van der Waals surface area contributed by atoms with Crippen LogP contribution in [0.3, 0.4) is 0 Å². The van der Waals surface area contributed by atoms with Gasteiger partial charge in [0.2, 0.25) is 0 Å². The minimum absolute atomic E-state index is 0.333. The molecule has 0 bridgehead atoms. The molecular weight excluding hydrogens is 321 g/mol. The monoisotopic (exact) mass is 329 g/mol. The summed E-state index contributed by atoms with van der Waals surface area (Å²) in [6, 6.07) is 8.05. The van der Waals surface area contributed by atoms with Gasteiger partial charge in [-0.3, -0.25) is 4.79 Å². The van der Waals surface area contributed by atoms with Gasteiger partial charge in [0.15, 0.2) is 6.61 Å². The summed E-state index contributed by atoms with van der Waals surface area (Å²) in [6.07, 6.45) is 0. The van der Waals surface area contributed by atoms with Gasteiger partial charge >= 0.3 is 5.97 Å². The van der Waals surface area contributed by atoms with E-state index >= 15 is 0 Å². The van der Waals surface area contributed by atoms with Crippen LogP contribution in [0.2, 0.25) is 10.0 Å². The number of ether oxygens (including phenoxy) is 1. The Labute approximate surface area is 129 Å². The molecule has 0 unspecified atom stereocenters. The van der Waals surface area contributed by atoms with Crippen LogP contribution in [0.15, 0.2) is 35.7 Å². The maximum atomic E-state index is 11.6. The fraction of sp³-hybridized carbons (Fsp3) is 0.0769. The number of anilines is 1. The molecule has 0 radical (unpaired) electrons. The summed E-state index contributed by atoms with van der Waals surface area (Å²) >= 11 is 12.8. The highest BCUT2D eigenvalue weighted by molar-refractivity contribution is 7.11. The predicted octanol–water partition coefficient (Wildman–Crippen LogP) is 3.85. The van der Waals surface area contributed by atoms with E-state index in [4.69, 9.17) is 27.9 Å². The summed E-state index contributed by atoms with van der Waals surface area (Å²) in [6.45, 7) is -0.364. The Hall–Kier alpha value is -1.56. The zero-order valence-electron chi connectivity index (χ0n) is 10.1. The third kappa shape index (κ3) is 3.96. The van der Waals surface area contributed by atoms with Crippen LogP contribution in [0.25, 0.3) is 0 Å². The third-order valence-corrected chi connectivity index (χ3v) is 3.85. The van der Waals surface area contributed by atoms with Crippen LogP contribution in [0.4, 0.5) is 5.69 Å². The Bertz CT molecular complexity index is 629. The molecular formula is C13H9Cl2NO3S. The number of esters is 1. The summed E-state index contributed by atoms with van der Waals surface area (Å²) in [5, 5.41) is 5.04. The van der Waals surface area contributed by atoms with Crippen molar-refractivity contribution in [2.45, 2.75) is 0 Å². The molecule has 0 aliphatic rings. The molecule has 2 rings (SSSR count). The molecule has 0 atom stereocenters. The number of amides is 1. The SMILES string of the molecule is O=C(COC(=O)c1cccs1)Nc1ccc(Cl)c(Cl)c1. The van der Waals surface area contributed by atoms with Gasteiger partial charge in [-0.15, -0.1) is 11.3 Å². The number of carbonyl (C=O) groups is 2. The van der Waals surface area contributed by atoms with Crippen LogP contribution in [-0.2, 0) is 9.53 Å². The molecule has 4 nitrogen and oxygen atoms in total. The highest BCUT2D eigenvalue weighted by atomic mass is 35.5. The summed E-state index contributed by atoms with van der Waals surface area (Å²) < 4.78 is 4.87. The van der Waals surface area contributed by atoms with Crippen LogP contribution in [-0.4, -0.2) is 18.5 Å². The van der Waals surface area contributed by atoms with Gasteiger partial charge in [0.1, 0.15) is 4.88 Å². The topological polar surface area (TPSA) is 55.4 Å². The Morgan fingerprint density at radius 1 is 1.20 bits per heavy atom. The predicted molar refractivity (Wildman–Crippen MR) is 79.7 cm³/mol. The van der Waals surface area contributed by atoms with Gasteiger partial charge in [-0.1, -0.05) is 29.3 Å². The fourth-order valence-corrected chi connectivity index (χ4v) is 2.28. The van der Waals surface area contributed by atoms with Gasteiger partial charge in [-0.25, -0.2) is 4.79 Å². The molecule has 1 N–H and O–H groups in total. The number of thiophene rings is 1. The van der Waals surface area contributed by atoms with Gasteiger partial charge < -0.3 is 10.1 Å². The maximum Gasteiger partial charge on any atom is 0.348 e. The van der Waals surface area contributed by atoms with Crippen molar-refractivity contribution in [3.05, 3.63) is 50.6 Å². The summed E-state index contributed by atoms with van der Waals surface area (Å²) in [5.74, 6) is -0.974. The number of hydrogen-bond acceptors (Lipinski definition) is 4. The molecule has 2 aromatic rings. The quantitative estimate of drug-likeness (QED) is 0.867. The van der Waals surface area contributed by atoms with E-state index in [1.807, 2.05) is 0 Å². The number of benzene rings is 1. The molecule has 104 valence electrons. The van der Waals surface area contributed by atoms with Crippen LogP contribution < -0.4 is 5.32 Å². The van der Waals surface area contributed by atoms with Crippen molar-refractivity contribution in [2.24, 2.45) is 0 Å². The zero-order chi connectivity index (χ0) is 14.5. The number of hydrogen-bond donors (Lipinski definition) is 1. The van der Waals surface area contributed by atoms with Crippen molar-refractivity contribution in [1.82, 2.24) is 0 Å². The van der Waals surface area contributed by atoms with E-state index in [9.17, 15) is 9.59 Å². The highest BCUT2D eigenvalue weighted by Gasteiger charge is 2.11. The average Bonchev–Trinajstić information content (AvgIpc) is 2.94. The molecule has 1 aromatic heterocycles. The first-order chi connectivity index (χ1) is 9.56. The zero-order valence-corrected chi connectivity index (χ0v) is 12.4. The average molecular weight is 330 g/mol. The molecule has 0 aliphatic heterocycles. The smallest absolute Gasteiger partial charge is 0.348 e. The van der Waals surface area contributed by atoms with E-state index in [-0.39, 0.29) is 6.61 Å². The molecule has 0 aliphatic carbocycles. The lowest BCUT2D eigenvalue weighted by Crippen LogP contribution is -2.20. The second-order valence-corrected chi connectivity index (χ2v) is 5.49. The number of carbonyl (C=O) groups excluding carboxylic acids is 2. The number of nitrogens with one attached hydrogen (secondary N) is 1. The summed E-state index contributed by atoms with van der Waals surface area (Å²) in [4.78, 5) is 23.6. The lowest BCUT2D eigenvalue weighted by Gasteiger charge is -2.06. The molecule has 0 saturated heterocycles. The Morgan fingerprint density at radius 3 is 2.65 bits per heavy atom. The van der Waals surface area contributed by atoms with E-state index in [0.29, 0.717) is 20.6 Å². The van der Waals surface area contributed by atoms with Gasteiger partial charge in [0.05, 0.1) is 10.0 Å². The Morgan fingerprint density at radius 2 is 2.00 bits per heavy atom. The van der Waals surface area contributed by atoms with E-state index in [1.54, 1.807) is 29.6 Å². The minimum atomic E-state index is -0.524. The molecule has 1 aromatic carbocycles. The second kappa shape index (κ2) is 6.74. The standard InChI is InChI=1S/C13H9Cl2NO3S/c14-9-4-3-8(6-10(9)15)16-12(17)7-19-13(18)11-2-1-5-20-11/h1-6H,7H2,(H,16,17). The maximum absolute atomic E-state index is 11.6. The second-order valence-electron chi connectivity index (χ2n) is 3.73. The summed E-state index contributed by atoms with van der Waals surface area (Å²) in [7, 11) is 0. The van der Waals surface area contributed by atoms with Crippen molar-refractivity contribution >= 4 is 52.1 Å². The molecule has 0 fully saturated rings. The lowest BCUT2D eigenvalue weighted by atomic mass is 10.3. The number of halogens is 2. The Balaban J connectivity index is 1.86. The Kier molecular flexibility index (Phi) is 5.00. The molecule has 1 amide bonds. The first-order valence-electron chi connectivity index (χ1n) is 5.52. The van der Waals surface area contributed by atoms with Crippen LogP contribution in [0.5, 0.6) is 0 Å². The molecule has 7 heteroatoms. The van der Waals surface area contributed by atoms with Gasteiger partial charge in [-0.05, 0) is 29.6 Å². The van der Waals surface area contributed by atoms with Crippen molar-refractivity contribution in [1.29, 1.82) is 0 Å². The van der Waals surface area contributed by atoms with Crippen LogP contribution >= 0.6 is 34.5 Å². The minimum Gasteiger partial charge on any atom is -0.451 e. The number of rotatable bonds is 4. The molecule has 1 heterocycles. The lowest BCUT2D eigenvalue weighted by molar-refractivity contribution is -0.119. The van der Waals surface area contributed by atoms with E-state index in [2.05, 4.69) is 5.32 Å². The molecule has 0 saturated carbocycles. The van der Waals surface area contributed by atoms with Crippen LogP contribution in [0.1, 0.15) is 9.67 Å². The van der Waals surface area contributed by atoms with E-state index < -0.39 is 11.9 Å². The first kappa shape index (κ1) is 14.8. The van der Waals surface area contributed by atoms with E-state index in [0.717, 1.165) is 0 Å². The van der Waals surface area contributed by atoms with Crippen LogP contribution in [0, 0.1) is 0 Å². The van der Waals surface area contributed by atoms with E-state index in [1.165, 1.54) is 17.4 Å². The first-order valence-corrected chi connectivity index (χ1v) is 7.15.